The smallest absolute Gasteiger partial charge is 0.212 e. The fourth-order valence-electron chi connectivity index (χ4n) is 2.02. The summed E-state index contributed by atoms with van der Waals surface area (Å²) in [4.78, 5) is 0. The van der Waals surface area contributed by atoms with Crippen LogP contribution in [0.3, 0.4) is 0 Å². The Morgan fingerprint density at radius 3 is 2.70 bits per heavy atom. The molecule has 0 saturated carbocycles. The maximum atomic E-state index is 5.72. The van der Waals surface area contributed by atoms with E-state index in [1.165, 1.54) is 5.56 Å². The monoisotopic (exact) mass is 277 g/mol. The van der Waals surface area contributed by atoms with Crippen LogP contribution in [0.25, 0.3) is 0 Å². The van der Waals surface area contributed by atoms with Crippen molar-refractivity contribution in [1.82, 2.24) is 15.1 Å². The van der Waals surface area contributed by atoms with E-state index >= 15 is 0 Å². The summed E-state index contributed by atoms with van der Waals surface area (Å²) in [6.07, 6.45) is 0. The molecule has 0 aliphatic carbocycles. The van der Waals surface area contributed by atoms with Gasteiger partial charge in [-0.3, -0.25) is 0 Å². The Morgan fingerprint density at radius 1 is 1.35 bits per heavy atom. The molecule has 5 heteroatoms. The van der Waals surface area contributed by atoms with E-state index in [1.807, 2.05) is 33.0 Å². The minimum atomic E-state index is 0.418. The normalized spacial score (nSPS) is 11.3. The Morgan fingerprint density at radius 2 is 2.10 bits per heavy atom. The predicted octanol–water partition coefficient (Wildman–Crippen LogP) is 2.71. The number of furan rings is 1. The molecular weight excluding hydrogens is 254 g/mol. The fourth-order valence-corrected chi connectivity index (χ4v) is 2.02. The number of ether oxygens (including phenoxy) is 1. The molecule has 0 saturated heterocycles. The van der Waals surface area contributed by atoms with Gasteiger partial charge in [-0.2, -0.15) is 5.10 Å². The zero-order chi connectivity index (χ0) is 14.7. The van der Waals surface area contributed by atoms with Gasteiger partial charge in [0.1, 0.15) is 18.1 Å². The van der Waals surface area contributed by atoms with E-state index in [2.05, 4.69) is 24.3 Å². The van der Waals surface area contributed by atoms with Crippen molar-refractivity contribution in [3.63, 3.8) is 0 Å². The maximum absolute atomic E-state index is 5.72. The molecule has 0 bridgehead atoms. The number of rotatable bonds is 6. The third kappa shape index (κ3) is 3.63. The minimum Gasteiger partial charge on any atom is -0.470 e. The highest BCUT2D eigenvalue weighted by Crippen LogP contribution is 2.18. The van der Waals surface area contributed by atoms with Crippen LogP contribution in [0, 0.1) is 13.8 Å². The lowest BCUT2D eigenvalue weighted by Gasteiger charge is -2.06. The van der Waals surface area contributed by atoms with E-state index in [-0.39, 0.29) is 0 Å². The summed E-state index contributed by atoms with van der Waals surface area (Å²) in [5, 5.41) is 7.63. The lowest BCUT2D eigenvalue weighted by molar-refractivity contribution is 0.247. The number of aryl methyl sites for hydroxylation is 3. The van der Waals surface area contributed by atoms with Crippen LogP contribution in [0.2, 0.25) is 0 Å². The van der Waals surface area contributed by atoms with Gasteiger partial charge in [0.2, 0.25) is 5.88 Å². The number of hydrogen-bond donors (Lipinski definition) is 1. The largest absolute Gasteiger partial charge is 0.470 e. The Kier molecular flexibility index (Phi) is 4.49. The molecule has 0 fully saturated rings. The Balaban J connectivity index is 1.96. The standard InChI is InChI=1S/C15H23N3O2/c1-10(2)16-8-13-7-14(20-12(13)4)9-19-15-6-11(3)17-18(15)5/h6-7,10,16H,8-9H2,1-5H3. The predicted molar refractivity (Wildman–Crippen MR) is 77.7 cm³/mol. The second-order valence-corrected chi connectivity index (χ2v) is 5.37. The molecule has 2 aromatic heterocycles. The van der Waals surface area contributed by atoms with Crippen LogP contribution >= 0.6 is 0 Å². The van der Waals surface area contributed by atoms with Gasteiger partial charge in [0, 0.05) is 31.3 Å². The summed E-state index contributed by atoms with van der Waals surface area (Å²) in [5.41, 5.74) is 2.12. The molecular formula is C15H23N3O2. The molecule has 2 rings (SSSR count). The summed E-state index contributed by atoms with van der Waals surface area (Å²) in [6.45, 7) is 9.42. The van der Waals surface area contributed by atoms with E-state index in [9.17, 15) is 0 Å². The van der Waals surface area contributed by atoms with Crippen LogP contribution in [0.15, 0.2) is 16.5 Å². The highest BCUT2D eigenvalue weighted by atomic mass is 16.5. The quantitative estimate of drug-likeness (QED) is 0.882. The zero-order valence-corrected chi connectivity index (χ0v) is 12.9. The van der Waals surface area contributed by atoms with Crippen molar-refractivity contribution < 1.29 is 9.15 Å². The summed E-state index contributed by atoms with van der Waals surface area (Å²) in [5.74, 6) is 2.53. The average molecular weight is 277 g/mol. The third-order valence-electron chi connectivity index (χ3n) is 3.09. The van der Waals surface area contributed by atoms with Crippen molar-refractivity contribution in [3.8, 4) is 5.88 Å². The molecule has 0 aromatic carbocycles. The molecule has 0 spiro atoms. The van der Waals surface area contributed by atoms with Gasteiger partial charge in [0.15, 0.2) is 0 Å². The molecule has 0 atom stereocenters. The van der Waals surface area contributed by atoms with Gasteiger partial charge in [-0.15, -0.1) is 0 Å². The van der Waals surface area contributed by atoms with Gasteiger partial charge in [0.25, 0.3) is 0 Å². The van der Waals surface area contributed by atoms with Crippen molar-refractivity contribution in [2.24, 2.45) is 7.05 Å². The second-order valence-electron chi connectivity index (χ2n) is 5.37. The molecule has 5 nitrogen and oxygen atoms in total. The molecule has 0 amide bonds. The highest BCUT2D eigenvalue weighted by molar-refractivity contribution is 5.21. The topological polar surface area (TPSA) is 52.2 Å². The van der Waals surface area contributed by atoms with Gasteiger partial charge in [0.05, 0.1) is 5.69 Å². The third-order valence-corrected chi connectivity index (χ3v) is 3.09. The number of nitrogens with zero attached hydrogens (tertiary/aromatic N) is 2. The highest BCUT2D eigenvalue weighted by Gasteiger charge is 2.10. The molecule has 2 heterocycles. The van der Waals surface area contributed by atoms with Crippen molar-refractivity contribution in [2.45, 2.75) is 46.9 Å². The van der Waals surface area contributed by atoms with E-state index in [0.717, 1.165) is 29.6 Å². The molecule has 0 unspecified atom stereocenters. The summed E-state index contributed by atoms with van der Waals surface area (Å²) < 4.78 is 13.2. The first kappa shape index (κ1) is 14.7. The molecule has 20 heavy (non-hydrogen) atoms. The average Bonchev–Trinajstić information content (AvgIpc) is 2.87. The second kappa shape index (κ2) is 6.13. The summed E-state index contributed by atoms with van der Waals surface area (Å²) >= 11 is 0. The summed E-state index contributed by atoms with van der Waals surface area (Å²) in [6, 6.07) is 4.42. The first-order valence-corrected chi connectivity index (χ1v) is 6.90. The number of aromatic nitrogens is 2. The van der Waals surface area contributed by atoms with E-state index in [1.54, 1.807) is 4.68 Å². The minimum absolute atomic E-state index is 0.418. The first-order valence-electron chi connectivity index (χ1n) is 6.90. The Hall–Kier alpha value is -1.75. The van der Waals surface area contributed by atoms with Crippen LogP contribution in [-0.4, -0.2) is 15.8 Å². The Bertz CT molecular complexity index is 570. The lowest BCUT2D eigenvalue weighted by atomic mass is 10.2. The van der Waals surface area contributed by atoms with Crippen molar-refractivity contribution in [3.05, 3.63) is 34.9 Å². The van der Waals surface area contributed by atoms with Crippen LogP contribution in [-0.2, 0) is 20.2 Å². The molecule has 0 aliphatic rings. The molecule has 0 aliphatic heterocycles. The molecule has 0 radical (unpaired) electrons. The molecule has 110 valence electrons. The van der Waals surface area contributed by atoms with Crippen LogP contribution in [0.4, 0.5) is 0 Å². The van der Waals surface area contributed by atoms with Crippen molar-refractivity contribution >= 4 is 0 Å². The first-order chi connectivity index (χ1) is 9.45. The Labute approximate surface area is 119 Å². The SMILES string of the molecule is Cc1cc(OCc2cc(CNC(C)C)c(C)o2)n(C)n1. The van der Waals surface area contributed by atoms with Gasteiger partial charge in [-0.25, -0.2) is 4.68 Å². The molecule has 1 N–H and O–H groups in total. The van der Waals surface area contributed by atoms with Crippen LogP contribution in [0.1, 0.15) is 36.6 Å². The number of hydrogen-bond acceptors (Lipinski definition) is 4. The molecule has 2 aromatic rings. The van der Waals surface area contributed by atoms with Crippen molar-refractivity contribution in [1.29, 1.82) is 0 Å². The fraction of sp³-hybridized carbons (Fsp3) is 0.533. The van der Waals surface area contributed by atoms with E-state index < -0.39 is 0 Å². The zero-order valence-electron chi connectivity index (χ0n) is 12.9. The lowest BCUT2D eigenvalue weighted by Crippen LogP contribution is -2.21. The number of nitrogens with one attached hydrogen (secondary N) is 1. The van der Waals surface area contributed by atoms with Gasteiger partial charge in [-0.05, 0) is 19.9 Å². The maximum Gasteiger partial charge on any atom is 0.212 e. The summed E-state index contributed by atoms with van der Waals surface area (Å²) in [7, 11) is 1.87. The van der Waals surface area contributed by atoms with Crippen LogP contribution in [0.5, 0.6) is 5.88 Å². The van der Waals surface area contributed by atoms with Gasteiger partial charge < -0.3 is 14.5 Å². The van der Waals surface area contributed by atoms with E-state index in [0.29, 0.717) is 12.6 Å². The van der Waals surface area contributed by atoms with Crippen LogP contribution < -0.4 is 10.1 Å². The van der Waals surface area contributed by atoms with Gasteiger partial charge >= 0.3 is 0 Å². The van der Waals surface area contributed by atoms with Crippen molar-refractivity contribution in [2.75, 3.05) is 0 Å². The van der Waals surface area contributed by atoms with E-state index in [4.69, 9.17) is 9.15 Å². The van der Waals surface area contributed by atoms with Gasteiger partial charge in [-0.1, -0.05) is 13.8 Å².